The van der Waals surface area contributed by atoms with Crippen LogP contribution in [0, 0.1) is 0 Å². The Bertz CT molecular complexity index is 769. The average molecular weight is 382 g/mol. The van der Waals surface area contributed by atoms with E-state index in [2.05, 4.69) is 10.0 Å². The molecular weight excluding hydrogens is 363 g/mol. The number of nitrogens with zero attached hydrogens (tertiary/aromatic N) is 3. The van der Waals surface area contributed by atoms with Crippen molar-refractivity contribution in [2.24, 2.45) is 5.10 Å². The lowest BCUT2D eigenvalue weighted by atomic mass is 10.1. The van der Waals surface area contributed by atoms with Gasteiger partial charge < -0.3 is 0 Å². The predicted molar refractivity (Wildman–Crippen MR) is 97.3 cm³/mol. The maximum absolute atomic E-state index is 13.0. The van der Waals surface area contributed by atoms with Gasteiger partial charge in [0, 0.05) is 43.3 Å². The Hall–Kier alpha value is -2.05. The van der Waals surface area contributed by atoms with Gasteiger partial charge in [-0.25, -0.2) is 0 Å². The zero-order chi connectivity index (χ0) is 18.6. The van der Waals surface area contributed by atoms with E-state index in [-0.39, 0.29) is 5.56 Å². The third-order valence-corrected chi connectivity index (χ3v) is 4.70. The molecule has 3 rings (SSSR count). The van der Waals surface area contributed by atoms with Gasteiger partial charge in [0.15, 0.2) is 0 Å². The highest BCUT2D eigenvalue weighted by Gasteiger charge is 2.32. The van der Waals surface area contributed by atoms with Crippen LogP contribution in [0.1, 0.15) is 16.7 Å². The number of hydrogen-bond donors (Lipinski definition) is 0. The van der Waals surface area contributed by atoms with E-state index in [0.29, 0.717) is 13.1 Å². The second-order valence-corrected chi connectivity index (χ2v) is 6.56. The highest BCUT2D eigenvalue weighted by Crippen LogP contribution is 2.31. The van der Waals surface area contributed by atoms with Crippen molar-refractivity contribution in [3.63, 3.8) is 0 Å². The molecule has 1 fully saturated rings. The summed E-state index contributed by atoms with van der Waals surface area (Å²) >= 11 is 6.19. The highest BCUT2D eigenvalue weighted by atomic mass is 35.5. The summed E-state index contributed by atoms with van der Waals surface area (Å²) in [5.41, 5.74) is 0.491. The average Bonchev–Trinajstić information content (AvgIpc) is 2.62. The van der Waals surface area contributed by atoms with Crippen molar-refractivity contribution in [3.05, 3.63) is 70.2 Å². The molecule has 2 aromatic carbocycles. The normalized spacial score (nSPS) is 16.4. The Kier molecular flexibility index (Phi) is 5.84. The third-order valence-electron chi connectivity index (χ3n) is 4.33. The first-order valence-electron chi connectivity index (χ1n) is 8.34. The van der Waals surface area contributed by atoms with Crippen molar-refractivity contribution in [3.8, 4) is 0 Å². The molecule has 7 heteroatoms. The Balaban J connectivity index is 1.58. The van der Waals surface area contributed by atoms with Crippen LogP contribution in [0.15, 0.2) is 53.6 Å². The zero-order valence-electron chi connectivity index (χ0n) is 14.1. The predicted octanol–water partition coefficient (Wildman–Crippen LogP) is 4.51. The molecule has 0 N–H and O–H groups in total. The molecule has 1 aliphatic rings. The SMILES string of the molecule is FC(F)(F)c1ccccc1/C=N\N1CCN(Cc2ccccc2Cl)CC1. The monoisotopic (exact) mass is 381 g/mol. The molecule has 0 atom stereocenters. The van der Waals surface area contributed by atoms with E-state index in [9.17, 15) is 13.2 Å². The van der Waals surface area contributed by atoms with Crippen LogP contribution in [0.2, 0.25) is 5.02 Å². The van der Waals surface area contributed by atoms with Gasteiger partial charge >= 0.3 is 6.18 Å². The molecular formula is C19H19ClF3N3. The maximum atomic E-state index is 13.0. The van der Waals surface area contributed by atoms with E-state index < -0.39 is 11.7 Å². The molecule has 1 saturated heterocycles. The molecule has 0 unspecified atom stereocenters. The van der Waals surface area contributed by atoms with E-state index in [1.807, 2.05) is 24.3 Å². The summed E-state index contributed by atoms with van der Waals surface area (Å²) in [7, 11) is 0. The van der Waals surface area contributed by atoms with Gasteiger partial charge in [0.25, 0.3) is 0 Å². The molecule has 0 bridgehead atoms. The molecule has 138 valence electrons. The molecule has 0 radical (unpaired) electrons. The fourth-order valence-electron chi connectivity index (χ4n) is 2.89. The van der Waals surface area contributed by atoms with Gasteiger partial charge in [-0.15, -0.1) is 0 Å². The topological polar surface area (TPSA) is 18.8 Å². The number of rotatable bonds is 4. The molecule has 1 heterocycles. The van der Waals surface area contributed by atoms with Crippen LogP contribution in [-0.4, -0.2) is 42.3 Å². The Labute approximate surface area is 155 Å². The van der Waals surface area contributed by atoms with Gasteiger partial charge in [0.1, 0.15) is 0 Å². The Morgan fingerprint density at radius 2 is 1.62 bits per heavy atom. The van der Waals surface area contributed by atoms with Gasteiger partial charge in [-0.1, -0.05) is 48.0 Å². The quantitative estimate of drug-likeness (QED) is 0.726. The molecule has 0 spiro atoms. The summed E-state index contributed by atoms with van der Waals surface area (Å²) in [5.74, 6) is 0. The van der Waals surface area contributed by atoms with Crippen LogP contribution in [-0.2, 0) is 12.7 Å². The molecule has 2 aromatic rings. The van der Waals surface area contributed by atoms with E-state index >= 15 is 0 Å². The molecule has 3 nitrogen and oxygen atoms in total. The van der Waals surface area contributed by atoms with Crippen molar-refractivity contribution in [2.45, 2.75) is 12.7 Å². The largest absolute Gasteiger partial charge is 0.417 e. The summed E-state index contributed by atoms with van der Waals surface area (Å²) in [4.78, 5) is 2.26. The van der Waals surface area contributed by atoms with Crippen molar-refractivity contribution in [2.75, 3.05) is 26.2 Å². The lowest BCUT2D eigenvalue weighted by Crippen LogP contribution is -2.43. The van der Waals surface area contributed by atoms with Crippen LogP contribution in [0.5, 0.6) is 0 Å². The van der Waals surface area contributed by atoms with Crippen molar-refractivity contribution in [1.82, 2.24) is 9.91 Å². The maximum Gasteiger partial charge on any atom is 0.417 e. The number of hydrazone groups is 1. The summed E-state index contributed by atoms with van der Waals surface area (Å²) in [6, 6.07) is 13.2. The molecule has 1 aliphatic heterocycles. The van der Waals surface area contributed by atoms with Crippen molar-refractivity contribution >= 4 is 17.8 Å². The fraction of sp³-hybridized carbons (Fsp3) is 0.316. The highest BCUT2D eigenvalue weighted by molar-refractivity contribution is 6.31. The lowest BCUT2D eigenvalue weighted by molar-refractivity contribution is -0.137. The first kappa shape index (κ1) is 18.7. The first-order valence-corrected chi connectivity index (χ1v) is 8.72. The molecule has 0 amide bonds. The fourth-order valence-corrected chi connectivity index (χ4v) is 3.09. The molecule has 0 aromatic heterocycles. The van der Waals surface area contributed by atoms with Gasteiger partial charge in [-0.3, -0.25) is 9.91 Å². The van der Waals surface area contributed by atoms with Crippen LogP contribution >= 0.6 is 11.6 Å². The van der Waals surface area contributed by atoms with E-state index in [4.69, 9.17) is 11.6 Å². The van der Waals surface area contributed by atoms with Gasteiger partial charge in [0.05, 0.1) is 11.8 Å². The first-order chi connectivity index (χ1) is 12.4. The van der Waals surface area contributed by atoms with Crippen molar-refractivity contribution in [1.29, 1.82) is 0 Å². The van der Waals surface area contributed by atoms with Crippen LogP contribution in [0.25, 0.3) is 0 Å². The van der Waals surface area contributed by atoms with E-state index in [1.165, 1.54) is 18.3 Å². The van der Waals surface area contributed by atoms with Crippen LogP contribution < -0.4 is 0 Å². The van der Waals surface area contributed by atoms with Crippen LogP contribution in [0.4, 0.5) is 13.2 Å². The van der Waals surface area contributed by atoms with Gasteiger partial charge in [0.2, 0.25) is 0 Å². The summed E-state index contributed by atoms with van der Waals surface area (Å²) < 4.78 is 39.0. The number of benzene rings is 2. The smallest absolute Gasteiger partial charge is 0.295 e. The number of hydrogen-bond acceptors (Lipinski definition) is 3. The minimum Gasteiger partial charge on any atom is -0.295 e. The molecule has 0 saturated carbocycles. The van der Waals surface area contributed by atoms with Crippen molar-refractivity contribution < 1.29 is 13.2 Å². The Morgan fingerprint density at radius 3 is 2.31 bits per heavy atom. The lowest BCUT2D eigenvalue weighted by Gasteiger charge is -2.33. The standard InChI is InChI=1S/C19H19ClF3N3/c20-18-8-4-2-6-16(18)14-25-9-11-26(12-10-25)24-13-15-5-1-3-7-17(15)19(21,22)23/h1-8,13H,9-12,14H2/b24-13-. The molecule has 26 heavy (non-hydrogen) atoms. The molecule has 0 aliphatic carbocycles. The second kappa shape index (κ2) is 8.10. The second-order valence-electron chi connectivity index (χ2n) is 6.15. The van der Waals surface area contributed by atoms with Crippen LogP contribution in [0.3, 0.4) is 0 Å². The summed E-state index contributed by atoms with van der Waals surface area (Å²) in [5, 5.41) is 6.79. The van der Waals surface area contributed by atoms with E-state index in [1.54, 1.807) is 11.1 Å². The van der Waals surface area contributed by atoms with Gasteiger partial charge in [-0.2, -0.15) is 18.3 Å². The number of alkyl halides is 3. The number of halogens is 4. The summed E-state index contributed by atoms with van der Waals surface area (Å²) in [6.45, 7) is 3.64. The summed E-state index contributed by atoms with van der Waals surface area (Å²) in [6.07, 6.45) is -3.08. The van der Waals surface area contributed by atoms with Gasteiger partial charge in [-0.05, 0) is 17.7 Å². The number of piperazine rings is 1. The van der Waals surface area contributed by atoms with E-state index in [0.717, 1.165) is 36.3 Å². The minimum absolute atomic E-state index is 0.0819. The minimum atomic E-state index is -4.38. The zero-order valence-corrected chi connectivity index (χ0v) is 14.8. The Morgan fingerprint density at radius 1 is 0.962 bits per heavy atom. The third kappa shape index (κ3) is 4.77.